The number of aromatic nitrogens is 1. The van der Waals surface area contributed by atoms with Gasteiger partial charge in [-0.2, -0.15) is 0 Å². The molecule has 3 aromatic rings. The van der Waals surface area contributed by atoms with Crippen molar-refractivity contribution in [3.63, 3.8) is 0 Å². The first-order valence-electron chi connectivity index (χ1n) is 7.29. The van der Waals surface area contributed by atoms with Crippen LogP contribution >= 0.6 is 0 Å². The number of nitrogens with two attached hydrogens (primary N) is 1. The number of nitrogens with zero attached hydrogens (tertiary/aromatic N) is 1. The molecule has 0 unspecified atom stereocenters. The second-order valence-electron chi connectivity index (χ2n) is 5.28. The van der Waals surface area contributed by atoms with Gasteiger partial charge in [0.1, 0.15) is 5.82 Å². The largest absolute Gasteiger partial charge is 0.330 e. The van der Waals surface area contributed by atoms with Crippen LogP contribution in [0.4, 0.5) is 4.39 Å². The van der Waals surface area contributed by atoms with Crippen LogP contribution in [0, 0.1) is 5.82 Å². The second-order valence-corrected chi connectivity index (χ2v) is 7.09. The highest BCUT2D eigenvalue weighted by Crippen LogP contribution is 2.27. The van der Waals surface area contributed by atoms with Crippen LogP contribution in [0.25, 0.3) is 10.9 Å². The van der Waals surface area contributed by atoms with Crippen molar-refractivity contribution in [1.82, 2.24) is 3.97 Å². The van der Waals surface area contributed by atoms with Gasteiger partial charge in [-0.1, -0.05) is 18.2 Å². The molecule has 7 heteroatoms. The molecular weight excluding hydrogens is 331 g/mol. The minimum Gasteiger partial charge on any atom is -0.330 e. The average molecular weight is 346 g/mol. The van der Waals surface area contributed by atoms with Crippen molar-refractivity contribution in [2.45, 2.75) is 11.3 Å². The van der Waals surface area contributed by atoms with E-state index < -0.39 is 15.8 Å². The Hall–Kier alpha value is -2.51. The lowest BCUT2D eigenvalue weighted by Gasteiger charge is -2.07. The standard InChI is InChI=1S/C17H15FN2O3S/c18-12-6-7-16-14(10-12)15(17(21)8-9-19)11-20(16)24(22,23)13-4-2-1-3-5-13/h1-7,10-11H,8-9,19H2. The fraction of sp³-hybridized carbons (Fsp3) is 0.118. The Morgan fingerprint density at radius 3 is 2.50 bits per heavy atom. The van der Waals surface area contributed by atoms with E-state index in [-0.39, 0.29) is 40.1 Å². The van der Waals surface area contributed by atoms with Crippen LogP contribution in [-0.2, 0) is 10.0 Å². The molecule has 0 bridgehead atoms. The SMILES string of the molecule is NCCC(=O)c1cn(S(=O)(=O)c2ccccc2)c2ccc(F)cc12. The van der Waals surface area contributed by atoms with Gasteiger partial charge >= 0.3 is 0 Å². The minimum absolute atomic E-state index is 0.0566. The van der Waals surface area contributed by atoms with E-state index in [1.807, 2.05) is 0 Å². The molecule has 0 radical (unpaired) electrons. The zero-order valence-corrected chi connectivity index (χ0v) is 13.5. The highest BCUT2D eigenvalue weighted by molar-refractivity contribution is 7.90. The molecule has 0 amide bonds. The van der Waals surface area contributed by atoms with Crippen LogP contribution in [0.5, 0.6) is 0 Å². The zero-order valence-electron chi connectivity index (χ0n) is 12.6. The molecular formula is C17H15FN2O3S. The number of Topliss-reactive ketones (excluding diaryl/α,β-unsaturated/α-hetero) is 1. The number of carbonyl (C=O) groups excluding carboxylic acids is 1. The van der Waals surface area contributed by atoms with Crippen LogP contribution in [0.2, 0.25) is 0 Å². The lowest BCUT2D eigenvalue weighted by Crippen LogP contribution is -2.12. The molecule has 5 nitrogen and oxygen atoms in total. The van der Waals surface area contributed by atoms with Crippen molar-refractivity contribution in [2.24, 2.45) is 5.73 Å². The van der Waals surface area contributed by atoms with Gasteiger partial charge in [-0.05, 0) is 36.9 Å². The summed E-state index contributed by atoms with van der Waals surface area (Å²) in [5, 5.41) is 0.257. The number of fused-ring (bicyclic) bond motifs is 1. The molecule has 3 rings (SSSR count). The molecule has 124 valence electrons. The third-order valence-electron chi connectivity index (χ3n) is 3.70. The molecule has 24 heavy (non-hydrogen) atoms. The average Bonchev–Trinajstić information content (AvgIpc) is 2.95. The van der Waals surface area contributed by atoms with Gasteiger partial charge in [0, 0.05) is 23.6 Å². The molecule has 0 aliphatic rings. The summed E-state index contributed by atoms with van der Waals surface area (Å²) in [6.45, 7) is 0.131. The van der Waals surface area contributed by atoms with E-state index in [0.717, 1.165) is 16.1 Å². The van der Waals surface area contributed by atoms with Gasteiger partial charge in [0.05, 0.1) is 10.4 Å². The molecule has 0 aliphatic carbocycles. The van der Waals surface area contributed by atoms with Gasteiger partial charge in [-0.15, -0.1) is 0 Å². The Balaban J connectivity index is 2.28. The van der Waals surface area contributed by atoms with Gasteiger partial charge in [0.25, 0.3) is 10.0 Å². The predicted molar refractivity (Wildman–Crippen MR) is 88.9 cm³/mol. The number of hydrogen-bond donors (Lipinski definition) is 1. The zero-order chi connectivity index (χ0) is 17.3. The normalized spacial score (nSPS) is 11.8. The highest BCUT2D eigenvalue weighted by atomic mass is 32.2. The summed E-state index contributed by atoms with van der Waals surface area (Å²) in [6.07, 6.45) is 1.30. The number of benzene rings is 2. The minimum atomic E-state index is -3.90. The molecule has 0 saturated heterocycles. The first-order chi connectivity index (χ1) is 11.4. The molecule has 1 heterocycles. The highest BCUT2D eigenvalue weighted by Gasteiger charge is 2.23. The molecule has 0 spiro atoms. The maximum atomic E-state index is 13.6. The van der Waals surface area contributed by atoms with Crippen molar-refractivity contribution < 1.29 is 17.6 Å². The lowest BCUT2D eigenvalue weighted by molar-refractivity contribution is 0.0987. The Morgan fingerprint density at radius 2 is 1.83 bits per heavy atom. The Bertz CT molecular complexity index is 1010. The summed E-state index contributed by atoms with van der Waals surface area (Å²) in [5.41, 5.74) is 5.80. The number of hydrogen-bond acceptors (Lipinski definition) is 4. The van der Waals surface area contributed by atoms with E-state index in [0.29, 0.717) is 0 Å². The van der Waals surface area contributed by atoms with Crippen LogP contribution in [0.15, 0.2) is 59.6 Å². The van der Waals surface area contributed by atoms with Gasteiger partial charge < -0.3 is 5.73 Å². The summed E-state index contributed by atoms with van der Waals surface area (Å²) >= 11 is 0. The smallest absolute Gasteiger partial charge is 0.268 e. The predicted octanol–water partition coefficient (Wildman–Crippen LogP) is 2.55. The Kier molecular flexibility index (Phi) is 4.21. The summed E-state index contributed by atoms with van der Waals surface area (Å²) in [6, 6.07) is 11.5. The van der Waals surface area contributed by atoms with Crippen molar-refractivity contribution in [1.29, 1.82) is 0 Å². The number of rotatable bonds is 5. The Labute approximate surface area is 138 Å². The fourth-order valence-electron chi connectivity index (χ4n) is 2.57. The van der Waals surface area contributed by atoms with Gasteiger partial charge in [0.15, 0.2) is 5.78 Å². The summed E-state index contributed by atoms with van der Waals surface area (Å²) < 4.78 is 40.3. The molecule has 2 aromatic carbocycles. The first kappa shape index (κ1) is 16.4. The quantitative estimate of drug-likeness (QED) is 0.720. The molecule has 2 N–H and O–H groups in total. The number of halogens is 1. The van der Waals surface area contributed by atoms with Gasteiger partial charge in [0.2, 0.25) is 0 Å². The summed E-state index contributed by atoms with van der Waals surface area (Å²) in [7, 11) is -3.90. The number of carbonyl (C=O) groups is 1. The van der Waals surface area contributed by atoms with E-state index in [4.69, 9.17) is 5.73 Å². The van der Waals surface area contributed by atoms with Crippen molar-refractivity contribution in [3.8, 4) is 0 Å². The van der Waals surface area contributed by atoms with Crippen LogP contribution < -0.4 is 5.73 Å². The summed E-state index contributed by atoms with van der Waals surface area (Å²) in [5.74, 6) is -0.866. The van der Waals surface area contributed by atoms with E-state index in [1.54, 1.807) is 18.2 Å². The van der Waals surface area contributed by atoms with Gasteiger partial charge in [-0.25, -0.2) is 16.8 Å². The van der Waals surface area contributed by atoms with Gasteiger partial charge in [-0.3, -0.25) is 4.79 Å². The fourth-order valence-corrected chi connectivity index (χ4v) is 3.96. The van der Waals surface area contributed by atoms with Crippen LogP contribution in [0.3, 0.4) is 0 Å². The molecule has 1 aromatic heterocycles. The van der Waals surface area contributed by atoms with E-state index in [2.05, 4.69) is 0 Å². The van der Waals surface area contributed by atoms with Crippen LogP contribution in [-0.4, -0.2) is 24.7 Å². The van der Waals surface area contributed by atoms with Crippen molar-refractivity contribution >= 4 is 26.7 Å². The maximum Gasteiger partial charge on any atom is 0.268 e. The summed E-state index contributed by atoms with van der Waals surface area (Å²) in [4.78, 5) is 12.3. The maximum absolute atomic E-state index is 13.6. The monoisotopic (exact) mass is 346 g/mol. The third kappa shape index (κ3) is 2.72. The molecule has 0 fully saturated rings. The van der Waals surface area contributed by atoms with Crippen molar-refractivity contribution in [3.05, 3.63) is 66.1 Å². The van der Waals surface area contributed by atoms with Crippen LogP contribution in [0.1, 0.15) is 16.8 Å². The topological polar surface area (TPSA) is 82.2 Å². The lowest BCUT2D eigenvalue weighted by atomic mass is 10.1. The molecule has 0 atom stereocenters. The molecule has 0 saturated carbocycles. The number of ketones is 1. The van der Waals surface area contributed by atoms with E-state index >= 15 is 0 Å². The molecule has 0 aliphatic heterocycles. The Morgan fingerprint density at radius 1 is 1.12 bits per heavy atom. The van der Waals surface area contributed by atoms with E-state index in [9.17, 15) is 17.6 Å². The second kappa shape index (κ2) is 6.18. The third-order valence-corrected chi connectivity index (χ3v) is 5.39. The first-order valence-corrected chi connectivity index (χ1v) is 8.73. The van der Waals surface area contributed by atoms with E-state index in [1.165, 1.54) is 24.4 Å². The van der Waals surface area contributed by atoms with Crippen molar-refractivity contribution in [2.75, 3.05) is 6.54 Å².